The Bertz CT molecular complexity index is 548. The molecule has 0 atom stereocenters. The van der Waals surface area contributed by atoms with E-state index in [1.54, 1.807) is 4.68 Å². The fraction of sp³-hybridized carbons (Fsp3) is 0.167. The van der Waals surface area contributed by atoms with Crippen molar-refractivity contribution in [2.45, 2.75) is 13.3 Å². The summed E-state index contributed by atoms with van der Waals surface area (Å²) in [6, 6.07) is 7.91. The minimum atomic E-state index is 0.394. The lowest BCUT2D eigenvalue weighted by atomic mass is 10.1. The number of rotatable bonds is 2. The van der Waals surface area contributed by atoms with E-state index in [1.807, 2.05) is 24.3 Å². The van der Waals surface area contributed by atoms with E-state index < -0.39 is 0 Å². The molecule has 2 rings (SSSR count). The van der Waals surface area contributed by atoms with Gasteiger partial charge in [0.05, 0.1) is 18.5 Å². The van der Waals surface area contributed by atoms with Crippen molar-refractivity contribution in [3.8, 4) is 5.69 Å². The number of aromatic nitrogens is 2. The molecule has 0 unspecified atom stereocenters. The molecule has 1 aromatic heterocycles. The molecule has 0 saturated carbocycles. The van der Waals surface area contributed by atoms with Gasteiger partial charge in [-0.1, -0.05) is 25.1 Å². The molecule has 0 aliphatic carbocycles. The molecule has 0 fully saturated rings. The molecule has 0 spiro atoms. The molecule has 1 heterocycles. The van der Waals surface area contributed by atoms with Gasteiger partial charge in [-0.3, -0.25) is 0 Å². The number of hydrogen-bond donors (Lipinski definition) is 1. The topological polar surface area (TPSA) is 48.2 Å². The number of anilines is 1. The van der Waals surface area contributed by atoms with Crippen molar-refractivity contribution in [2.24, 2.45) is 0 Å². The molecular weight excluding hydrogens is 200 g/mol. The molecule has 0 aliphatic heterocycles. The molecule has 0 amide bonds. The molecule has 1 aromatic carbocycles. The van der Waals surface area contributed by atoms with Gasteiger partial charge in [-0.05, 0) is 18.1 Å². The van der Waals surface area contributed by atoms with Crippen molar-refractivity contribution in [3.05, 3.63) is 47.4 Å². The van der Waals surface area contributed by atoms with E-state index in [9.17, 15) is 0 Å². The largest absolute Gasteiger partial charge is 0.392 e. The Labute approximate surface area is 94.1 Å². The lowest BCUT2D eigenvalue weighted by molar-refractivity contribution is 0.873. The molecule has 0 saturated heterocycles. The maximum atomic E-state index is 6.95. The number of benzene rings is 1. The third-order valence-electron chi connectivity index (χ3n) is 2.51. The summed E-state index contributed by atoms with van der Waals surface area (Å²) >= 11 is 0. The van der Waals surface area contributed by atoms with Crippen LogP contribution in [0.25, 0.3) is 10.5 Å². The number of para-hydroxylation sites is 1. The summed E-state index contributed by atoms with van der Waals surface area (Å²) in [5.41, 5.74) is 8.35. The van der Waals surface area contributed by atoms with E-state index in [2.05, 4.69) is 16.9 Å². The van der Waals surface area contributed by atoms with Crippen LogP contribution >= 0.6 is 0 Å². The van der Waals surface area contributed by atoms with Crippen molar-refractivity contribution in [3.63, 3.8) is 0 Å². The maximum Gasteiger partial charge on any atom is 0.247 e. The van der Waals surface area contributed by atoms with Gasteiger partial charge in [0, 0.05) is 0 Å². The van der Waals surface area contributed by atoms with Gasteiger partial charge in [-0.15, -0.1) is 0 Å². The number of nitrogens with two attached hydrogens (primary N) is 1. The van der Waals surface area contributed by atoms with Crippen molar-refractivity contribution < 1.29 is 0 Å². The van der Waals surface area contributed by atoms with Crippen molar-refractivity contribution in [1.82, 2.24) is 9.78 Å². The van der Waals surface area contributed by atoms with E-state index >= 15 is 0 Å². The fourth-order valence-electron chi connectivity index (χ4n) is 1.64. The van der Waals surface area contributed by atoms with Crippen molar-refractivity contribution in [2.75, 3.05) is 5.73 Å². The van der Waals surface area contributed by atoms with Gasteiger partial charge in [-0.25, -0.2) is 9.53 Å². The molecule has 4 heteroatoms. The molecule has 0 bridgehead atoms. The molecular formula is C12H12N4. The first-order valence-corrected chi connectivity index (χ1v) is 5.07. The van der Waals surface area contributed by atoms with Gasteiger partial charge < -0.3 is 5.73 Å². The maximum absolute atomic E-state index is 6.95. The summed E-state index contributed by atoms with van der Waals surface area (Å²) in [6.45, 7) is 9.03. The summed E-state index contributed by atoms with van der Waals surface area (Å²) in [6.07, 6.45) is 2.40. The van der Waals surface area contributed by atoms with E-state index in [4.69, 9.17) is 12.3 Å². The smallest absolute Gasteiger partial charge is 0.247 e. The first-order valence-electron chi connectivity index (χ1n) is 5.07. The van der Waals surface area contributed by atoms with Gasteiger partial charge in [0.2, 0.25) is 5.69 Å². The zero-order valence-corrected chi connectivity index (χ0v) is 9.01. The van der Waals surface area contributed by atoms with Crippen LogP contribution < -0.4 is 5.73 Å². The number of nitrogens with zero attached hydrogens (tertiary/aromatic N) is 3. The van der Waals surface area contributed by atoms with Crippen LogP contribution in [0.2, 0.25) is 0 Å². The molecule has 16 heavy (non-hydrogen) atoms. The van der Waals surface area contributed by atoms with Crippen molar-refractivity contribution in [1.29, 1.82) is 0 Å². The molecule has 0 radical (unpaired) electrons. The zero-order valence-electron chi connectivity index (χ0n) is 9.01. The number of hydrogen-bond acceptors (Lipinski definition) is 2. The normalized spacial score (nSPS) is 10.0. The molecule has 4 nitrogen and oxygen atoms in total. The minimum absolute atomic E-state index is 0.394. The minimum Gasteiger partial charge on any atom is -0.392 e. The predicted molar refractivity (Wildman–Crippen MR) is 63.6 cm³/mol. The van der Waals surface area contributed by atoms with Crippen LogP contribution in [0, 0.1) is 6.57 Å². The number of aryl methyl sites for hydroxylation is 1. The third kappa shape index (κ3) is 1.52. The van der Waals surface area contributed by atoms with Gasteiger partial charge >= 0.3 is 0 Å². The second-order valence-electron chi connectivity index (χ2n) is 3.42. The first kappa shape index (κ1) is 10.2. The van der Waals surface area contributed by atoms with E-state index in [0.29, 0.717) is 11.5 Å². The average Bonchev–Trinajstić information content (AvgIpc) is 2.70. The zero-order chi connectivity index (χ0) is 11.5. The van der Waals surface area contributed by atoms with Gasteiger partial charge in [0.15, 0.2) is 0 Å². The Balaban J connectivity index is 2.59. The van der Waals surface area contributed by atoms with Crippen LogP contribution in [0.15, 0.2) is 30.5 Å². The Morgan fingerprint density at radius 3 is 2.81 bits per heavy atom. The van der Waals surface area contributed by atoms with Crippen LogP contribution in [0.1, 0.15) is 12.5 Å². The van der Waals surface area contributed by atoms with Crippen LogP contribution in [-0.2, 0) is 6.42 Å². The third-order valence-corrected chi connectivity index (χ3v) is 2.51. The quantitative estimate of drug-likeness (QED) is 0.778. The van der Waals surface area contributed by atoms with Gasteiger partial charge in [0.1, 0.15) is 5.82 Å². The first-order chi connectivity index (χ1) is 7.77. The Hall–Kier alpha value is -2.28. The van der Waals surface area contributed by atoms with Gasteiger partial charge in [0.25, 0.3) is 0 Å². The molecule has 2 N–H and O–H groups in total. The SMILES string of the molecule is [C-]#[N+]c1cnn(-c2ccccc2CC)c1N. The van der Waals surface area contributed by atoms with E-state index in [1.165, 1.54) is 6.20 Å². The fourth-order valence-corrected chi connectivity index (χ4v) is 1.64. The van der Waals surface area contributed by atoms with Crippen LogP contribution in [0.4, 0.5) is 11.5 Å². The van der Waals surface area contributed by atoms with Crippen LogP contribution in [-0.4, -0.2) is 9.78 Å². The lowest BCUT2D eigenvalue weighted by Crippen LogP contribution is -2.04. The summed E-state index contributed by atoms with van der Waals surface area (Å²) in [5.74, 6) is 0.399. The molecule has 0 aliphatic rings. The predicted octanol–water partition coefficient (Wildman–Crippen LogP) is 2.57. The lowest BCUT2D eigenvalue weighted by Gasteiger charge is -2.09. The second-order valence-corrected chi connectivity index (χ2v) is 3.42. The molecule has 80 valence electrons. The Morgan fingerprint density at radius 2 is 2.19 bits per heavy atom. The van der Waals surface area contributed by atoms with E-state index in [-0.39, 0.29) is 0 Å². The Kier molecular flexibility index (Phi) is 2.61. The van der Waals surface area contributed by atoms with E-state index in [0.717, 1.165) is 17.7 Å². The highest BCUT2D eigenvalue weighted by molar-refractivity contribution is 5.65. The summed E-state index contributed by atoms with van der Waals surface area (Å²) in [7, 11) is 0. The molecule has 2 aromatic rings. The van der Waals surface area contributed by atoms with Crippen LogP contribution in [0.3, 0.4) is 0 Å². The van der Waals surface area contributed by atoms with Crippen molar-refractivity contribution >= 4 is 11.5 Å². The Morgan fingerprint density at radius 1 is 1.44 bits per heavy atom. The second kappa shape index (κ2) is 4.07. The highest BCUT2D eigenvalue weighted by atomic mass is 15.3. The number of nitrogen functional groups attached to an aromatic ring is 1. The summed E-state index contributed by atoms with van der Waals surface area (Å²) in [4.78, 5) is 3.31. The van der Waals surface area contributed by atoms with Gasteiger partial charge in [-0.2, -0.15) is 5.10 Å². The standard InChI is InChI=1S/C12H12N4/c1-3-9-6-4-5-7-11(9)16-12(13)10(14-2)8-15-16/h4-8H,3,13H2,1H3. The summed E-state index contributed by atoms with van der Waals surface area (Å²) in [5, 5.41) is 4.14. The average molecular weight is 212 g/mol. The monoisotopic (exact) mass is 212 g/mol. The highest BCUT2D eigenvalue weighted by Gasteiger charge is 2.10. The van der Waals surface area contributed by atoms with Crippen LogP contribution in [0.5, 0.6) is 0 Å². The summed E-state index contributed by atoms with van der Waals surface area (Å²) < 4.78 is 1.62. The highest BCUT2D eigenvalue weighted by Crippen LogP contribution is 2.25.